The lowest BCUT2D eigenvalue weighted by Crippen LogP contribution is -2.23. The first kappa shape index (κ1) is 21.9. The number of methoxy groups -OCH3 is 1. The number of thioether (sulfide) groups is 1. The van der Waals surface area contributed by atoms with E-state index in [-0.39, 0.29) is 11.5 Å². The monoisotopic (exact) mass is 489 g/mol. The van der Waals surface area contributed by atoms with Crippen LogP contribution in [0.4, 0.5) is 5.69 Å². The van der Waals surface area contributed by atoms with Crippen LogP contribution in [0, 0.1) is 0 Å². The minimum absolute atomic E-state index is 0.0232. The predicted octanol–water partition coefficient (Wildman–Crippen LogP) is 3.45. The number of hydrogen-bond acceptors (Lipinski definition) is 7. The van der Waals surface area contributed by atoms with E-state index in [1.54, 1.807) is 44.5 Å². The van der Waals surface area contributed by atoms with Gasteiger partial charge in [0.05, 0.1) is 30.3 Å². The lowest BCUT2D eigenvalue weighted by atomic mass is 10.2. The van der Waals surface area contributed by atoms with Gasteiger partial charge in [-0.15, -0.1) is 0 Å². The Morgan fingerprint density at radius 1 is 1.30 bits per heavy atom. The van der Waals surface area contributed by atoms with Gasteiger partial charge in [0.1, 0.15) is 0 Å². The van der Waals surface area contributed by atoms with Gasteiger partial charge in [-0.2, -0.15) is 0 Å². The predicted molar refractivity (Wildman–Crippen MR) is 118 cm³/mol. The Hall–Kier alpha value is -2.78. The topological polar surface area (TPSA) is 91.3 Å². The van der Waals surface area contributed by atoms with E-state index < -0.39 is 5.97 Å². The smallest absolute Gasteiger partial charge is 0.266 e. The summed E-state index contributed by atoms with van der Waals surface area (Å²) < 4.78 is 11.7. The molecule has 1 fully saturated rings. The number of hydrogen-bond donors (Lipinski definition) is 0. The van der Waals surface area contributed by atoms with Crippen LogP contribution < -0.4 is 14.6 Å². The minimum Gasteiger partial charge on any atom is -0.545 e. The van der Waals surface area contributed by atoms with Crippen molar-refractivity contribution in [3.8, 4) is 11.5 Å². The van der Waals surface area contributed by atoms with Crippen molar-refractivity contribution in [2.24, 2.45) is 4.99 Å². The molecule has 3 rings (SSSR count). The number of amidine groups is 1. The number of amides is 1. The highest BCUT2D eigenvalue weighted by Gasteiger charge is 2.30. The number of carbonyl (C=O) groups excluding carboxylic acids is 2. The zero-order chi connectivity index (χ0) is 21.8. The van der Waals surface area contributed by atoms with Crippen molar-refractivity contribution in [3.05, 3.63) is 56.9 Å². The number of likely N-dealkylation sites (N-methyl/N-ethyl adjacent to an activating group) is 1. The SMILES string of the molecule is CCOc1cc(Br)c(/C=C2\SC(=Nc3cccc(C(=O)[O-])c3)N(C)C2=O)cc1OC. The maximum Gasteiger partial charge on any atom is 0.266 e. The molecule has 1 aliphatic heterocycles. The molecular weight excluding hydrogens is 472 g/mol. The summed E-state index contributed by atoms with van der Waals surface area (Å²) >= 11 is 4.71. The number of ether oxygens (including phenoxy) is 2. The van der Waals surface area contributed by atoms with Crippen LogP contribution >= 0.6 is 27.7 Å². The van der Waals surface area contributed by atoms with Crippen LogP contribution in [0.1, 0.15) is 22.8 Å². The van der Waals surface area contributed by atoms with Crippen molar-refractivity contribution in [2.75, 3.05) is 20.8 Å². The van der Waals surface area contributed by atoms with E-state index >= 15 is 0 Å². The van der Waals surface area contributed by atoms with Gasteiger partial charge in [-0.25, -0.2) is 4.99 Å². The molecule has 0 spiro atoms. The van der Waals surface area contributed by atoms with Gasteiger partial charge in [0, 0.05) is 11.5 Å². The Kier molecular flexibility index (Phi) is 6.84. The fourth-order valence-electron chi connectivity index (χ4n) is 2.70. The highest BCUT2D eigenvalue weighted by molar-refractivity contribution is 9.10. The Morgan fingerprint density at radius 3 is 2.73 bits per heavy atom. The minimum atomic E-state index is -1.28. The van der Waals surface area contributed by atoms with Gasteiger partial charge in [-0.05, 0) is 60.2 Å². The van der Waals surface area contributed by atoms with Gasteiger partial charge in [0.15, 0.2) is 16.7 Å². The normalized spacial score (nSPS) is 16.4. The van der Waals surface area contributed by atoms with Crippen LogP contribution in [0.15, 0.2) is 50.8 Å². The zero-order valence-electron chi connectivity index (χ0n) is 16.5. The summed E-state index contributed by atoms with van der Waals surface area (Å²) in [6.45, 7) is 2.39. The molecule has 7 nitrogen and oxygen atoms in total. The second-order valence-corrected chi connectivity index (χ2v) is 8.03. The molecule has 9 heteroatoms. The summed E-state index contributed by atoms with van der Waals surface area (Å²) in [5.41, 5.74) is 1.19. The summed E-state index contributed by atoms with van der Waals surface area (Å²) in [6, 6.07) is 9.64. The van der Waals surface area contributed by atoms with Crippen molar-refractivity contribution in [2.45, 2.75) is 6.92 Å². The van der Waals surface area contributed by atoms with Crippen LogP contribution in [0.25, 0.3) is 6.08 Å². The third kappa shape index (κ3) is 4.68. The van der Waals surface area contributed by atoms with Gasteiger partial charge in [0.2, 0.25) is 0 Å². The van der Waals surface area contributed by atoms with Gasteiger partial charge in [0.25, 0.3) is 5.91 Å². The highest BCUT2D eigenvalue weighted by atomic mass is 79.9. The number of rotatable bonds is 6. The number of benzene rings is 2. The highest BCUT2D eigenvalue weighted by Crippen LogP contribution is 2.38. The molecule has 156 valence electrons. The second-order valence-electron chi connectivity index (χ2n) is 6.16. The Balaban J connectivity index is 1.94. The lowest BCUT2D eigenvalue weighted by molar-refractivity contribution is -0.255. The van der Waals surface area contributed by atoms with Crippen LogP contribution in [-0.2, 0) is 4.79 Å². The Labute approximate surface area is 186 Å². The molecule has 0 unspecified atom stereocenters. The molecule has 0 saturated carbocycles. The molecule has 0 bridgehead atoms. The molecule has 0 N–H and O–H groups in total. The number of carboxylic acid groups (broad SMARTS) is 1. The van der Waals surface area contributed by atoms with Crippen LogP contribution in [-0.4, -0.2) is 42.7 Å². The van der Waals surface area contributed by atoms with Gasteiger partial charge in [-0.3, -0.25) is 9.69 Å². The molecule has 0 aliphatic carbocycles. The van der Waals surface area contributed by atoms with Crippen molar-refractivity contribution in [3.63, 3.8) is 0 Å². The molecule has 1 saturated heterocycles. The van der Waals surface area contributed by atoms with Crippen LogP contribution in [0.5, 0.6) is 11.5 Å². The Bertz CT molecular complexity index is 1070. The van der Waals surface area contributed by atoms with Crippen molar-refractivity contribution < 1.29 is 24.2 Å². The first-order valence-electron chi connectivity index (χ1n) is 8.92. The molecule has 0 radical (unpaired) electrons. The van der Waals surface area contributed by atoms with Crippen molar-refractivity contribution >= 4 is 56.5 Å². The van der Waals surface area contributed by atoms with Crippen LogP contribution in [0.2, 0.25) is 0 Å². The standard InChI is InChI=1S/C21H19BrN2O5S/c1-4-29-17-11-15(22)13(9-16(17)28-3)10-18-19(25)24(2)21(30-18)23-14-7-5-6-12(8-14)20(26)27/h5-11H,4H2,1-3H3,(H,26,27)/p-1/b18-10-,23-21?. The lowest BCUT2D eigenvalue weighted by Gasteiger charge is -2.11. The summed E-state index contributed by atoms with van der Waals surface area (Å²) in [5.74, 6) is -0.333. The average molecular weight is 490 g/mol. The first-order chi connectivity index (χ1) is 14.3. The Morgan fingerprint density at radius 2 is 2.07 bits per heavy atom. The number of aliphatic imine (C=N–C) groups is 1. The van der Waals surface area contributed by atoms with Crippen molar-refractivity contribution in [1.82, 2.24) is 4.90 Å². The van der Waals surface area contributed by atoms with E-state index in [2.05, 4.69) is 20.9 Å². The fraction of sp³-hybridized carbons (Fsp3) is 0.190. The largest absolute Gasteiger partial charge is 0.545 e. The molecule has 2 aromatic carbocycles. The number of halogens is 1. The van der Waals surface area contributed by atoms with Crippen molar-refractivity contribution in [1.29, 1.82) is 0 Å². The first-order valence-corrected chi connectivity index (χ1v) is 10.5. The quantitative estimate of drug-likeness (QED) is 0.577. The van der Waals surface area contributed by atoms with Gasteiger partial charge >= 0.3 is 0 Å². The van der Waals surface area contributed by atoms with E-state index in [1.807, 2.05) is 6.92 Å². The van der Waals surface area contributed by atoms with E-state index in [9.17, 15) is 14.7 Å². The number of carboxylic acids is 1. The third-order valence-corrected chi connectivity index (χ3v) is 5.93. The molecule has 30 heavy (non-hydrogen) atoms. The summed E-state index contributed by atoms with van der Waals surface area (Å²) in [4.78, 5) is 30.1. The molecule has 0 aromatic heterocycles. The van der Waals surface area contributed by atoms with E-state index in [0.29, 0.717) is 33.9 Å². The molecular formula is C21H18BrN2O5S-. The molecule has 0 atom stereocenters. The van der Waals surface area contributed by atoms with Gasteiger partial charge < -0.3 is 19.4 Å². The average Bonchev–Trinajstić information content (AvgIpc) is 2.98. The maximum absolute atomic E-state index is 12.7. The second kappa shape index (κ2) is 9.36. The van der Waals surface area contributed by atoms with E-state index in [0.717, 1.165) is 10.0 Å². The number of nitrogens with zero attached hydrogens (tertiary/aromatic N) is 2. The fourth-order valence-corrected chi connectivity index (χ4v) is 4.11. The zero-order valence-corrected chi connectivity index (χ0v) is 18.9. The van der Waals surface area contributed by atoms with E-state index in [4.69, 9.17) is 9.47 Å². The van der Waals surface area contributed by atoms with E-state index in [1.165, 1.54) is 28.8 Å². The van der Waals surface area contributed by atoms with Crippen LogP contribution in [0.3, 0.4) is 0 Å². The summed E-state index contributed by atoms with van der Waals surface area (Å²) in [7, 11) is 3.17. The van der Waals surface area contributed by atoms with Gasteiger partial charge in [-0.1, -0.05) is 28.1 Å². The molecule has 1 heterocycles. The molecule has 1 amide bonds. The number of carbonyl (C=O) groups is 2. The number of aromatic carboxylic acids is 1. The third-order valence-electron chi connectivity index (χ3n) is 4.18. The molecule has 1 aliphatic rings. The molecule has 2 aromatic rings. The summed E-state index contributed by atoms with van der Waals surface area (Å²) in [5, 5.41) is 11.5. The maximum atomic E-state index is 12.7. The summed E-state index contributed by atoms with van der Waals surface area (Å²) in [6.07, 6.45) is 1.74.